The highest BCUT2D eigenvalue weighted by atomic mass is 32.2. The number of halogens is 1. The topological polar surface area (TPSA) is 92.8 Å². The number of benzene rings is 2. The zero-order valence-corrected chi connectivity index (χ0v) is 16.5. The van der Waals surface area contributed by atoms with Crippen molar-refractivity contribution in [2.24, 2.45) is 0 Å². The lowest BCUT2D eigenvalue weighted by molar-refractivity contribution is -0.152. The third kappa shape index (κ3) is 5.61. The van der Waals surface area contributed by atoms with Gasteiger partial charge in [-0.2, -0.15) is 0 Å². The smallest absolute Gasteiger partial charge is 0.311 e. The van der Waals surface area contributed by atoms with Gasteiger partial charge in [-0.25, -0.2) is 17.1 Å². The van der Waals surface area contributed by atoms with Crippen LogP contribution in [0.15, 0.2) is 53.4 Å². The predicted molar refractivity (Wildman–Crippen MR) is 102 cm³/mol. The van der Waals surface area contributed by atoms with Crippen molar-refractivity contribution < 1.29 is 27.1 Å². The fraction of sp³-hybridized carbons (Fsp3) is 0.263. The summed E-state index contributed by atoms with van der Waals surface area (Å²) in [6, 6.07) is 11.1. The molecule has 0 aliphatic carbocycles. The van der Waals surface area contributed by atoms with Crippen molar-refractivity contribution in [2.45, 2.75) is 24.3 Å². The first kappa shape index (κ1) is 21.5. The molecule has 7 nitrogen and oxygen atoms in total. The van der Waals surface area contributed by atoms with Crippen LogP contribution in [0.3, 0.4) is 0 Å². The highest BCUT2D eigenvalue weighted by Crippen LogP contribution is 2.18. The third-order valence-corrected chi connectivity index (χ3v) is 5.63. The molecule has 0 saturated heterocycles. The molecule has 0 bridgehead atoms. The van der Waals surface area contributed by atoms with E-state index in [-0.39, 0.29) is 17.0 Å². The van der Waals surface area contributed by atoms with Crippen LogP contribution in [0.4, 0.5) is 10.1 Å². The molecule has 0 aliphatic heterocycles. The molecule has 0 aliphatic rings. The molecule has 0 aromatic heterocycles. The molecule has 1 N–H and O–H groups in total. The maximum atomic E-state index is 12.9. The minimum atomic E-state index is -3.64. The highest BCUT2D eigenvalue weighted by Gasteiger charge is 2.20. The van der Waals surface area contributed by atoms with E-state index in [4.69, 9.17) is 4.74 Å². The quantitative estimate of drug-likeness (QED) is 0.709. The summed E-state index contributed by atoms with van der Waals surface area (Å²) in [7, 11) is -0.830. The summed E-state index contributed by atoms with van der Waals surface area (Å²) >= 11 is 0. The Hall–Kier alpha value is -2.78. The number of rotatable bonds is 7. The average molecular weight is 408 g/mol. The molecule has 0 unspecified atom stereocenters. The number of hydrogen-bond donors (Lipinski definition) is 1. The van der Waals surface area contributed by atoms with E-state index < -0.39 is 33.8 Å². The number of nitrogens with one attached hydrogen (secondary N) is 1. The van der Waals surface area contributed by atoms with Gasteiger partial charge in [-0.3, -0.25) is 9.59 Å². The van der Waals surface area contributed by atoms with Crippen LogP contribution in [0.25, 0.3) is 0 Å². The molecule has 0 fully saturated rings. The molecule has 2 aromatic rings. The van der Waals surface area contributed by atoms with E-state index >= 15 is 0 Å². The molecule has 0 heterocycles. The Bertz CT molecular complexity index is 959. The van der Waals surface area contributed by atoms with Crippen LogP contribution in [0.2, 0.25) is 0 Å². The van der Waals surface area contributed by atoms with Crippen LogP contribution < -0.4 is 5.32 Å². The molecule has 1 atom stereocenters. The molecule has 0 spiro atoms. The lowest BCUT2D eigenvalue weighted by Crippen LogP contribution is -2.30. The zero-order valence-electron chi connectivity index (χ0n) is 15.7. The van der Waals surface area contributed by atoms with E-state index in [1.165, 1.54) is 69.6 Å². The van der Waals surface area contributed by atoms with Gasteiger partial charge in [0.2, 0.25) is 10.0 Å². The largest absolute Gasteiger partial charge is 0.452 e. The van der Waals surface area contributed by atoms with Crippen molar-refractivity contribution in [3.63, 3.8) is 0 Å². The lowest BCUT2D eigenvalue weighted by atomic mass is 10.1. The summed E-state index contributed by atoms with van der Waals surface area (Å²) < 4.78 is 43.4. The summed E-state index contributed by atoms with van der Waals surface area (Å²) in [5.41, 5.74) is 0.815. The van der Waals surface area contributed by atoms with Crippen LogP contribution in [0.1, 0.15) is 12.5 Å². The van der Waals surface area contributed by atoms with E-state index in [2.05, 4.69) is 5.32 Å². The van der Waals surface area contributed by atoms with Gasteiger partial charge < -0.3 is 10.1 Å². The molecule has 28 heavy (non-hydrogen) atoms. The van der Waals surface area contributed by atoms with E-state index in [1.807, 2.05) is 0 Å². The van der Waals surface area contributed by atoms with Crippen molar-refractivity contribution in [3.8, 4) is 0 Å². The molecule has 2 aromatic carbocycles. The third-order valence-electron chi connectivity index (χ3n) is 3.82. The van der Waals surface area contributed by atoms with Crippen LogP contribution in [0, 0.1) is 5.82 Å². The predicted octanol–water partition coefficient (Wildman–Crippen LogP) is 2.19. The minimum Gasteiger partial charge on any atom is -0.452 e. The van der Waals surface area contributed by atoms with E-state index in [0.717, 1.165) is 4.31 Å². The SMILES string of the molecule is C[C@H](OC(=O)Cc1ccc(F)cc1)C(=O)Nc1cccc(S(=O)(=O)N(C)C)c1. The molecule has 150 valence electrons. The molecular formula is C19H21FN2O5S. The second-order valence-corrected chi connectivity index (χ2v) is 8.39. The first-order chi connectivity index (χ1) is 13.1. The van der Waals surface area contributed by atoms with Gasteiger partial charge in [-0.15, -0.1) is 0 Å². The summed E-state index contributed by atoms with van der Waals surface area (Å²) in [5, 5.41) is 2.52. The second-order valence-electron chi connectivity index (χ2n) is 6.24. The normalized spacial score (nSPS) is 12.5. The maximum Gasteiger partial charge on any atom is 0.311 e. The lowest BCUT2D eigenvalue weighted by Gasteiger charge is -2.15. The van der Waals surface area contributed by atoms with E-state index in [1.54, 1.807) is 0 Å². The number of anilines is 1. The fourth-order valence-electron chi connectivity index (χ4n) is 2.25. The molecular weight excluding hydrogens is 387 g/mol. The molecule has 0 radical (unpaired) electrons. The van der Waals surface area contributed by atoms with Gasteiger partial charge in [0, 0.05) is 19.8 Å². The van der Waals surface area contributed by atoms with E-state index in [0.29, 0.717) is 5.56 Å². The second kappa shape index (κ2) is 8.94. The number of amides is 1. The van der Waals surface area contributed by atoms with Gasteiger partial charge >= 0.3 is 5.97 Å². The van der Waals surface area contributed by atoms with Gasteiger partial charge in [0.1, 0.15) is 5.82 Å². The minimum absolute atomic E-state index is 0.0243. The molecule has 0 saturated carbocycles. The van der Waals surface area contributed by atoms with Crippen LogP contribution in [-0.4, -0.2) is 44.8 Å². The van der Waals surface area contributed by atoms with Crippen LogP contribution in [-0.2, 0) is 30.8 Å². The summed E-state index contributed by atoms with van der Waals surface area (Å²) in [6.45, 7) is 1.40. The van der Waals surface area contributed by atoms with Crippen molar-refractivity contribution in [1.29, 1.82) is 0 Å². The Morgan fingerprint density at radius 3 is 2.39 bits per heavy atom. The zero-order chi connectivity index (χ0) is 20.9. The summed E-state index contributed by atoms with van der Waals surface area (Å²) in [5.74, 6) is -1.66. The Morgan fingerprint density at radius 2 is 1.79 bits per heavy atom. The molecule has 9 heteroatoms. The number of carbonyl (C=O) groups is 2. The van der Waals surface area contributed by atoms with Gasteiger partial charge in [-0.05, 0) is 42.8 Å². The van der Waals surface area contributed by atoms with Crippen LogP contribution in [0.5, 0.6) is 0 Å². The first-order valence-electron chi connectivity index (χ1n) is 8.37. The standard InChI is InChI=1S/C19H21FN2O5S/c1-13(27-18(23)11-14-7-9-15(20)10-8-14)19(24)21-16-5-4-6-17(12-16)28(25,26)22(2)3/h4-10,12-13H,11H2,1-3H3,(H,21,24)/t13-/m0/s1. The van der Waals surface area contributed by atoms with Crippen molar-refractivity contribution in [2.75, 3.05) is 19.4 Å². The first-order valence-corrected chi connectivity index (χ1v) is 9.81. The number of ether oxygens (including phenoxy) is 1. The van der Waals surface area contributed by atoms with Gasteiger partial charge in [0.15, 0.2) is 6.10 Å². The van der Waals surface area contributed by atoms with E-state index in [9.17, 15) is 22.4 Å². The average Bonchev–Trinajstić information content (AvgIpc) is 2.63. The Balaban J connectivity index is 1.98. The Morgan fingerprint density at radius 1 is 1.14 bits per heavy atom. The Kier molecular flexibility index (Phi) is 6.87. The number of sulfonamides is 1. The van der Waals surface area contributed by atoms with Crippen LogP contribution >= 0.6 is 0 Å². The number of nitrogens with zero attached hydrogens (tertiary/aromatic N) is 1. The fourth-order valence-corrected chi connectivity index (χ4v) is 3.20. The molecule has 2 rings (SSSR count). The number of esters is 1. The van der Waals surface area contributed by atoms with Crippen molar-refractivity contribution in [1.82, 2.24) is 4.31 Å². The number of hydrogen-bond acceptors (Lipinski definition) is 5. The highest BCUT2D eigenvalue weighted by molar-refractivity contribution is 7.89. The van der Waals surface area contributed by atoms with Crippen molar-refractivity contribution >= 4 is 27.6 Å². The molecule has 1 amide bonds. The summed E-state index contributed by atoms with van der Waals surface area (Å²) in [4.78, 5) is 24.2. The summed E-state index contributed by atoms with van der Waals surface area (Å²) in [6.07, 6.45) is -1.20. The van der Waals surface area contributed by atoms with Gasteiger partial charge in [0.05, 0.1) is 11.3 Å². The monoisotopic (exact) mass is 408 g/mol. The van der Waals surface area contributed by atoms with Crippen molar-refractivity contribution in [3.05, 3.63) is 59.9 Å². The Labute approximate surface area is 163 Å². The maximum absolute atomic E-state index is 12.9. The number of carbonyl (C=O) groups excluding carboxylic acids is 2. The van der Waals surface area contributed by atoms with Gasteiger partial charge in [0.25, 0.3) is 5.91 Å². The van der Waals surface area contributed by atoms with Gasteiger partial charge in [-0.1, -0.05) is 18.2 Å².